The van der Waals surface area contributed by atoms with Gasteiger partial charge in [-0.1, -0.05) is 90.7 Å². The number of amides is 1. The summed E-state index contributed by atoms with van der Waals surface area (Å²) in [6.07, 6.45) is 11.8. The minimum absolute atomic E-state index is 0.0297. The normalized spacial score (nSPS) is 13.1. The van der Waals surface area contributed by atoms with E-state index in [0.29, 0.717) is 55.3 Å². The van der Waals surface area contributed by atoms with Crippen LogP contribution in [0.5, 0.6) is 5.75 Å². The first-order valence-corrected chi connectivity index (χ1v) is 17.2. The molecule has 46 heavy (non-hydrogen) atoms. The number of carboxylic acid groups (broad SMARTS) is 3. The summed E-state index contributed by atoms with van der Waals surface area (Å²) in [6.45, 7) is 6.93. The fourth-order valence-electron chi connectivity index (χ4n) is 5.40. The van der Waals surface area contributed by atoms with Crippen LogP contribution in [0.3, 0.4) is 0 Å². The van der Waals surface area contributed by atoms with E-state index in [1.165, 1.54) is 19.3 Å². The molecular weight excluding hydrogens is 590 g/mol. The predicted octanol–water partition coefficient (Wildman–Crippen LogP) is 7.07. The molecule has 3 atom stereocenters. The van der Waals surface area contributed by atoms with Crippen molar-refractivity contribution in [3.8, 4) is 5.75 Å². The summed E-state index contributed by atoms with van der Waals surface area (Å²) < 4.78 is 5.70. The Morgan fingerprint density at radius 3 is 1.80 bits per heavy atom. The van der Waals surface area contributed by atoms with Crippen molar-refractivity contribution in [1.29, 1.82) is 0 Å². The molecule has 3 unspecified atom stereocenters. The minimum atomic E-state index is -1.48. The fourth-order valence-corrected chi connectivity index (χ4v) is 5.40. The number of hydrogen-bond donors (Lipinski definition) is 4. The molecular formula is C36H57NO9. The van der Waals surface area contributed by atoms with Crippen molar-refractivity contribution < 1.29 is 44.0 Å². The van der Waals surface area contributed by atoms with Crippen LogP contribution in [0.15, 0.2) is 24.3 Å². The predicted molar refractivity (Wildman–Crippen MR) is 177 cm³/mol. The number of Topliss-reactive ketones (excluding diaryl/α,β-unsaturated/α-hetero) is 1. The SMILES string of the molecule is CCCCCCCC(=O)CCCCCCCCC(C(=O)NC(Cc1ccc(OCCC(C)C)cc1)C(=O)O)C(CC(=O)O)C(=O)O. The zero-order chi connectivity index (χ0) is 34.3. The van der Waals surface area contributed by atoms with Crippen LogP contribution in [0.4, 0.5) is 0 Å². The van der Waals surface area contributed by atoms with E-state index in [4.69, 9.17) is 4.74 Å². The number of carboxylic acids is 3. The van der Waals surface area contributed by atoms with Crippen molar-refractivity contribution in [1.82, 2.24) is 5.32 Å². The van der Waals surface area contributed by atoms with Crippen LogP contribution < -0.4 is 10.1 Å². The zero-order valence-electron chi connectivity index (χ0n) is 28.1. The summed E-state index contributed by atoms with van der Waals surface area (Å²) >= 11 is 0. The number of carbonyl (C=O) groups excluding carboxylic acids is 2. The molecule has 1 amide bonds. The molecule has 0 saturated heterocycles. The molecule has 0 saturated carbocycles. The average molecular weight is 648 g/mol. The first-order valence-electron chi connectivity index (χ1n) is 17.2. The van der Waals surface area contributed by atoms with Crippen LogP contribution in [-0.4, -0.2) is 57.6 Å². The smallest absolute Gasteiger partial charge is 0.326 e. The lowest BCUT2D eigenvalue weighted by molar-refractivity contribution is -0.153. The van der Waals surface area contributed by atoms with Gasteiger partial charge in [-0.05, 0) is 49.3 Å². The van der Waals surface area contributed by atoms with Gasteiger partial charge in [0.05, 0.1) is 24.9 Å². The third-order valence-electron chi connectivity index (χ3n) is 8.26. The van der Waals surface area contributed by atoms with E-state index in [1.807, 2.05) is 0 Å². The maximum Gasteiger partial charge on any atom is 0.326 e. The molecule has 0 aliphatic carbocycles. The van der Waals surface area contributed by atoms with Gasteiger partial charge in [-0.15, -0.1) is 0 Å². The second kappa shape index (κ2) is 23.8. The molecule has 0 bridgehead atoms. The lowest BCUT2D eigenvalue weighted by Crippen LogP contribution is -2.47. The summed E-state index contributed by atoms with van der Waals surface area (Å²) in [6, 6.07) is 5.60. The molecule has 1 aromatic carbocycles. The van der Waals surface area contributed by atoms with E-state index < -0.39 is 48.1 Å². The van der Waals surface area contributed by atoms with Crippen LogP contribution >= 0.6 is 0 Å². The number of benzene rings is 1. The van der Waals surface area contributed by atoms with Crippen molar-refractivity contribution in [2.75, 3.05) is 6.61 Å². The number of ether oxygens (including phenoxy) is 1. The van der Waals surface area contributed by atoms with Gasteiger partial charge in [-0.2, -0.15) is 0 Å². The van der Waals surface area contributed by atoms with Crippen LogP contribution in [0.1, 0.15) is 129 Å². The zero-order valence-corrected chi connectivity index (χ0v) is 28.1. The van der Waals surface area contributed by atoms with Crippen LogP contribution in [0, 0.1) is 17.8 Å². The molecule has 0 radical (unpaired) electrons. The molecule has 1 rings (SSSR count). The first-order chi connectivity index (χ1) is 21.9. The van der Waals surface area contributed by atoms with Crippen molar-refractivity contribution >= 4 is 29.6 Å². The second-order valence-corrected chi connectivity index (χ2v) is 12.8. The van der Waals surface area contributed by atoms with Crippen molar-refractivity contribution in [3.63, 3.8) is 0 Å². The minimum Gasteiger partial charge on any atom is -0.494 e. The quantitative estimate of drug-likeness (QED) is 0.0696. The summed E-state index contributed by atoms with van der Waals surface area (Å²) in [4.78, 5) is 60.9. The maximum atomic E-state index is 13.3. The highest BCUT2D eigenvalue weighted by Gasteiger charge is 2.36. The Hall–Kier alpha value is -3.43. The number of aliphatic carboxylic acids is 3. The number of nitrogens with one attached hydrogen (secondary N) is 1. The third-order valence-corrected chi connectivity index (χ3v) is 8.26. The summed E-state index contributed by atoms with van der Waals surface area (Å²) in [7, 11) is 0. The maximum absolute atomic E-state index is 13.3. The first kappa shape index (κ1) is 40.6. The Labute approximate surface area is 274 Å². The molecule has 10 nitrogen and oxygen atoms in total. The van der Waals surface area contributed by atoms with Gasteiger partial charge in [0, 0.05) is 19.3 Å². The Morgan fingerprint density at radius 1 is 0.717 bits per heavy atom. The third kappa shape index (κ3) is 18.5. The van der Waals surface area contributed by atoms with Crippen LogP contribution in [0.25, 0.3) is 0 Å². The van der Waals surface area contributed by atoms with Crippen molar-refractivity contribution in [3.05, 3.63) is 29.8 Å². The topological polar surface area (TPSA) is 167 Å². The molecule has 0 heterocycles. The number of unbranched alkanes of at least 4 members (excludes halogenated alkanes) is 9. The summed E-state index contributed by atoms with van der Waals surface area (Å²) in [5.74, 6) is -6.01. The van der Waals surface area contributed by atoms with Gasteiger partial charge in [0.2, 0.25) is 5.91 Å². The average Bonchev–Trinajstić information content (AvgIpc) is 2.99. The number of carbonyl (C=O) groups is 5. The van der Waals surface area contributed by atoms with Crippen molar-refractivity contribution in [2.45, 2.75) is 136 Å². The highest BCUT2D eigenvalue weighted by atomic mass is 16.5. The highest BCUT2D eigenvalue weighted by Crippen LogP contribution is 2.25. The number of hydrogen-bond acceptors (Lipinski definition) is 6. The Bertz CT molecular complexity index is 1050. The second-order valence-electron chi connectivity index (χ2n) is 12.8. The number of ketones is 1. The highest BCUT2D eigenvalue weighted by molar-refractivity contribution is 5.89. The van der Waals surface area contributed by atoms with Gasteiger partial charge in [0.15, 0.2) is 0 Å². The van der Waals surface area contributed by atoms with E-state index in [-0.39, 0.29) is 12.8 Å². The monoisotopic (exact) mass is 647 g/mol. The van der Waals surface area contributed by atoms with Crippen molar-refractivity contribution in [2.24, 2.45) is 17.8 Å². The summed E-state index contributed by atoms with van der Waals surface area (Å²) in [5.41, 5.74) is 0.648. The molecule has 0 aliphatic heterocycles. The fraction of sp³-hybridized carbons (Fsp3) is 0.694. The van der Waals surface area contributed by atoms with Gasteiger partial charge >= 0.3 is 17.9 Å². The Kier molecular flexibility index (Phi) is 21.0. The van der Waals surface area contributed by atoms with E-state index >= 15 is 0 Å². The molecule has 0 fully saturated rings. The molecule has 4 N–H and O–H groups in total. The molecule has 0 aliphatic rings. The Balaban J connectivity index is 2.66. The molecule has 1 aromatic rings. The van der Waals surface area contributed by atoms with E-state index in [2.05, 4.69) is 26.1 Å². The van der Waals surface area contributed by atoms with Gasteiger partial charge < -0.3 is 25.4 Å². The van der Waals surface area contributed by atoms with Gasteiger partial charge in [-0.25, -0.2) is 4.79 Å². The standard InChI is InChI=1S/C36H57NO9/c1-4-5-6-9-12-15-28(38)16-13-10-7-8-11-14-17-30(31(35(42)43)25-33(39)40)34(41)37-32(36(44)45)24-27-18-20-29(21-19-27)46-23-22-26(2)3/h18-21,26,30-32H,4-17,22-25H2,1-3H3,(H,37,41)(H,39,40)(H,42,43)(H,44,45). The summed E-state index contributed by atoms with van der Waals surface area (Å²) in [5, 5.41) is 31.4. The lowest BCUT2D eigenvalue weighted by atomic mass is 9.84. The van der Waals surface area contributed by atoms with E-state index in [1.54, 1.807) is 24.3 Å². The molecule has 0 aromatic heterocycles. The van der Waals surface area contributed by atoms with Crippen LogP contribution in [-0.2, 0) is 30.4 Å². The van der Waals surface area contributed by atoms with Gasteiger partial charge in [0.25, 0.3) is 0 Å². The molecule has 260 valence electrons. The largest absolute Gasteiger partial charge is 0.494 e. The molecule has 10 heteroatoms. The van der Waals surface area contributed by atoms with Gasteiger partial charge in [-0.3, -0.25) is 19.2 Å². The van der Waals surface area contributed by atoms with E-state index in [9.17, 15) is 39.3 Å². The lowest BCUT2D eigenvalue weighted by Gasteiger charge is -2.24. The van der Waals surface area contributed by atoms with E-state index in [0.717, 1.165) is 44.9 Å². The Morgan fingerprint density at radius 2 is 1.28 bits per heavy atom. The number of rotatable bonds is 28. The van der Waals surface area contributed by atoms with Crippen LogP contribution in [0.2, 0.25) is 0 Å². The molecule has 0 spiro atoms. The van der Waals surface area contributed by atoms with Gasteiger partial charge in [0.1, 0.15) is 17.6 Å².